The van der Waals surface area contributed by atoms with Gasteiger partial charge in [0, 0.05) is 16.9 Å². The lowest BCUT2D eigenvalue weighted by atomic mass is 9.77. The Labute approximate surface area is 203 Å². The first-order valence-electron chi connectivity index (χ1n) is 12.8. The van der Waals surface area contributed by atoms with Gasteiger partial charge in [0.15, 0.2) is 0 Å². The Bertz CT molecular complexity index is 971. The van der Waals surface area contributed by atoms with Gasteiger partial charge in [0.05, 0.1) is 7.11 Å². The molecule has 0 fully saturated rings. The van der Waals surface area contributed by atoms with E-state index in [9.17, 15) is 0 Å². The summed E-state index contributed by atoms with van der Waals surface area (Å²) in [6.45, 7) is 20.3. The molecular weight excluding hydrogens is 402 g/mol. The van der Waals surface area contributed by atoms with Crippen LogP contribution in [0.2, 0.25) is 0 Å². The van der Waals surface area contributed by atoms with Gasteiger partial charge in [-0.1, -0.05) is 46.3 Å². The second-order valence-corrected chi connectivity index (χ2v) is 11.0. The van der Waals surface area contributed by atoms with Crippen molar-refractivity contribution in [1.82, 2.24) is 0 Å². The largest absolute Gasteiger partial charge is 0.496 e. The molecule has 0 aliphatic carbocycles. The van der Waals surface area contributed by atoms with E-state index in [0.717, 1.165) is 31.4 Å². The quantitative estimate of drug-likeness (QED) is 0.355. The third-order valence-corrected chi connectivity index (χ3v) is 7.64. The zero-order valence-electron chi connectivity index (χ0n) is 22.3. The average Bonchev–Trinajstić information content (AvgIpc) is 2.75. The molecule has 1 aliphatic rings. The number of rotatable bonds is 9. The maximum Gasteiger partial charge on any atom is 0.122 e. The van der Waals surface area contributed by atoms with Crippen molar-refractivity contribution in [3.05, 3.63) is 65.2 Å². The summed E-state index contributed by atoms with van der Waals surface area (Å²) >= 11 is 0. The number of aryl methyl sites for hydroxylation is 2. The van der Waals surface area contributed by atoms with Gasteiger partial charge in [-0.3, -0.25) is 0 Å². The van der Waals surface area contributed by atoms with Crippen LogP contribution in [-0.2, 0) is 6.42 Å². The van der Waals surface area contributed by atoms with Gasteiger partial charge >= 0.3 is 0 Å². The molecule has 2 heteroatoms. The summed E-state index contributed by atoms with van der Waals surface area (Å²) in [5, 5.41) is 0. The summed E-state index contributed by atoms with van der Waals surface area (Å²) in [7, 11) is 1.79. The Morgan fingerprint density at radius 3 is 2.55 bits per heavy atom. The smallest absolute Gasteiger partial charge is 0.122 e. The van der Waals surface area contributed by atoms with E-state index in [-0.39, 0.29) is 5.54 Å². The van der Waals surface area contributed by atoms with Gasteiger partial charge in [-0.25, -0.2) is 0 Å². The maximum atomic E-state index is 5.77. The minimum atomic E-state index is 0.0405. The van der Waals surface area contributed by atoms with Crippen molar-refractivity contribution in [2.24, 2.45) is 5.92 Å². The summed E-state index contributed by atoms with van der Waals surface area (Å²) in [6, 6.07) is 11.7. The van der Waals surface area contributed by atoms with Crippen molar-refractivity contribution in [2.75, 3.05) is 12.0 Å². The summed E-state index contributed by atoms with van der Waals surface area (Å²) in [6.07, 6.45) is 7.67. The summed E-state index contributed by atoms with van der Waals surface area (Å²) in [4.78, 5) is 2.59. The number of fused-ring (bicyclic) bond motifs is 1. The summed E-state index contributed by atoms with van der Waals surface area (Å²) < 4.78 is 5.77. The molecule has 3 rings (SSSR count). The molecule has 33 heavy (non-hydrogen) atoms. The first kappa shape index (κ1) is 25.4. The van der Waals surface area contributed by atoms with Crippen LogP contribution in [0.5, 0.6) is 5.75 Å². The van der Waals surface area contributed by atoms with E-state index in [4.69, 9.17) is 4.74 Å². The van der Waals surface area contributed by atoms with Gasteiger partial charge in [-0.2, -0.15) is 0 Å². The molecule has 2 aromatic rings. The monoisotopic (exact) mass is 447 g/mol. The Hall–Kier alpha value is -2.22. The predicted molar refractivity (Wildman–Crippen MR) is 144 cm³/mol. The van der Waals surface area contributed by atoms with Gasteiger partial charge in [-0.05, 0) is 111 Å². The predicted octanol–water partition coefficient (Wildman–Crippen LogP) is 9.09. The summed E-state index contributed by atoms with van der Waals surface area (Å²) in [5.74, 6) is 2.77. The number of anilines is 2. The molecule has 0 bridgehead atoms. The molecule has 0 saturated heterocycles. The molecule has 2 nitrogen and oxygen atoms in total. The van der Waals surface area contributed by atoms with E-state index in [1.54, 1.807) is 7.11 Å². The number of allylic oxidation sites excluding steroid dienone is 1. The summed E-state index contributed by atoms with van der Waals surface area (Å²) in [5.41, 5.74) is 8.35. The number of benzene rings is 2. The van der Waals surface area contributed by atoms with Crippen LogP contribution in [0.3, 0.4) is 0 Å². The number of hydrogen-bond acceptors (Lipinski definition) is 2. The zero-order chi connectivity index (χ0) is 24.3. The maximum absolute atomic E-state index is 5.77. The Morgan fingerprint density at radius 2 is 1.94 bits per heavy atom. The molecular formula is C31H45NO. The third kappa shape index (κ3) is 5.31. The van der Waals surface area contributed by atoms with E-state index in [1.807, 2.05) is 0 Å². The molecule has 1 aliphatic heterocycles. The molecule has 0 amide bonds. The van der Waals surface area contributed by atoms with Gasteiger partial charge in [0.25, 0.3) is 0 Å². The lowest BCUT2D eigenvalue weighted by molar-refractivity contribution is 0.401. The van der Waals surface area contributed by atoms with Crippen LogP contribution in [0.4, 0.5) is 11.4 Å². The number of methoxy groups -OCH3 is 1. The van der Waals surface area contributed by atoms with Crippen molar-refractivity contribution >= 4 is 11.4 Å². The van der Waals surface area contributed by atoms with Crippen LogP contribution in [0, 0.1) is 12.8 Å². The molecule has 2 aromatic carbocycles. The lowest BCUT2D eigenvalue weighted by Gasteiger charge is -2.48. The highest BCUT2D eigenvalue weighted by molar-refractivity contribution is 5.73. The van der Waals surface area contributed by atoms with E-state index in [1.165, 1.54) is 40.0 Å². The van der Waals surface area contributed by atoms with Crippen LogP contribution in [0.15, 0.2) is 43.0 Å². The fourth-order valence-corrected chi connectivity index (χ4v) is 5.89. The minimum absolute atomic E-state index is 0.0405. The van der Waals surface area contributed by atoms with E-state index < -0.39 is 0 Å². The number of ether oxygens (including phenoxy) is 1. The molecule has 0 radical (unpaired) electrons. The van der Waals surface area contributed by atoms with Gasteiger partial charge in [-0.15, -0.1) is 6.58 Å². The second-order valence-electron chi connectivity index (χ2n) is 11.0. The molecule has 0 aromatic heterocycles. The first-order valence-corrected chi connectivity index (χ1v) is 12.8. The number of hydrogen-bond donors (Lipinski definition) is 0. The van der Waals surface area contributed by atoms with E-state index in [2.05, 4.69) is 96.4 Å². The molecule has 0 spiro atoms. The zero-order valence-corrected chi connectivity index (χ0v) is 22.3. The van der Waals surface area contributed by atoms with Crippen molar-refractivity contribution in [2.45, 2.75) is 97.9 Å². The van der Waals surface area contributed by atoms with Crippen molar-refractivity contribution in [3.8, 4) is 5.75 Å². The standard InChI is InChI=1S/C31H45NO/c1-10-12-24(11-2)13-14-25-18-26(15-16-30(25)33-9)32-29-17-22(5)27(21(3)4)19-28(29)23(6)20-31(32,7)8/h10,15-19,21,23-24H,1,11-14,20H2,2-9H3. The van der Waals surface area contributed by atoms with Crippen LogP contribution in [0.25, 0.3) is 0 Å². The van der Waals surface area contributed by atoms with Crippen molar-refractivity contribution < 1.29 is 4.74 Å². The molecule has 0 N–H and O–H groups in total. The fraction of sp³-hybridized carbons (Fsp3) is 0.548. The highest BCUT2D eigenvalue weighted by atomic mass is 16.5. The molecule has 0 saturated carbocycles. The lowest BCUT2D eigenvalue weighted by Crippen LogP contribution is -2.45. The van der Waals surface area contributed by atoms with E-state index >= 15 is 0 Å². The Morgan fingerprint density at radius 1 is 1.21 bits per heavy atom. The van der Waals surface area contributed by atoms with Gasteiger partial charge < -0.3 is 9.64 Å². The highest BCUT2D eigenvalue weighted by Crippen LogP contribution is 2.49. The molecule has 2 unspecified atom stereocenters. The van der Waals surface area contributed by atoms with Crippen LogP contribution in [0.1, 0.15) is 101 Å². The highest BCUT2D eigenvalue weighted by Gasteiger charge is 2.38. The molecule has 2 atom stereocenters. The molecule has 1 heterocycles. The average molecular weight is 448 g/mol. The van der Waals surface area contributed by atoms with Gasteiger partial charge in [0.1, 0.15) is 5.75 Å². The van der Waals surface area contributed by atoms with E-state index in [0.29, 0.717) is 17.8 Å². The Balaban J connectivity index is 2.07. The fourth-order valence-electron chi connectivity index (χ4n) is 5.89. The number of nitrogens with zero attached hydrogens (tertiary/aromatic N) is 1. The van der Waals surface area contributed by atoms with Gasteiger partial charge in [0.2, 0.25) is 0 Å². The second kappa shape index (κ2) is 10.4. The van der Waals surface area contributed by atoms with Crippen LogP contribution >= 0.6 is 0 Å². The normalized spacial score (nSPS) is 18.2. The Kier molecular flexibility index (Phi) is 7.98. The topological polar surface area (TPSA) is 12.5 Å². The third-order valence-electron chi connectivity index (χ3n) is 7.64. The molecule has 180 valence electrons. The van der Waals surface area contributed by atoms with Crippen LogP contribution in [-0.4, -0.2) is 12.6 Å². The van der Waals surface area contributed by atoms with Crippen molar-refractivity contribution in [1.29, 1.82) is 0 Å². The minimum Gasteiger partial charge on any atom is -0.496 e. The van der Waals surface area contributed by atoms with Crippen molar-refractivity contribution in [3.63, 3.8) is 0 Å². The first-order chi connectivity index (χ1) is 15.6. The SMILES string of the molecule is C=CCC(CC)CCc1cc(N2c3cc(C)c(C(C)C)cc3C(C)CC2(C)C)ccc1OC. The van der Waals surface area contributed by atoms with Crippen LogP contribution < -0.4 is 9.64 Å².